The maximum Gasteiger partial charge on any atom is 0.320 e. The van der Waals surface area contributed by atoms with Crippen LogP contribution in [-0.2, 0) is 84.0 Å². The van der Waals surface area contributed by atoms with Crippen LogP contribution in [0.1, 0.15) is 160 Å². The van der Waals surface area contributed by atoms with Crippen LogP contribution in [0.2, 0.25) is 0 Å². The molecule has 0 spiro atoms. The molecule has 2 aliphatic carbocycles. The number of pyridine rings is 2. The summed E-state index contributed by atoms with van der Waals surface area (Å²) in [7, 11) is 0. The van der Waals surface area contributed by atoms with Gasteiger partial charge in [0.05, 0.1) is 51.8 Å². The van der Waals surface area contributed by atoms with Crippen molar-refractivity contribution in [2.75, 3.05) is 177 Å². The summed E-state index contributed by atoms with van der Waals surface area (Å²) < 4.78 is 40.1. The number of nitrogens with zero attached hydrogens (tertiary/aromatic N) is 18. The van der Waals surface area contributed by atoms with Gasteiger partial charge >= 0.3 is 24.0 Å². The van der Waals surface area contributed by atoms with Gasteiger partial charge in [-0.3, -0.25) is 14.6 Å². The minimum atomic E-state index is -0.269. The van der Waals surface area contributed by atoms with E-state index < -0.39 is 0 Å². The number of unbranched alkanes of at least 4 members (excludes halogenated alkanes) is 2. The average molecular weight is 1700 g/mol. The smallest absolute Gasteiger partial charge is 0.320 e. The van der Waals surface area contributed by atoms with Crippen molar-refractivity contribution in [2.45, 2.75) is 187 Å². The summed E-state index contributed by atoms with van der Waals surface area (Å²) in [4.78, 5) is 76.5. The Hall–Kier alpha value is -11.1. The van der Waals surface area contributed by atoms with Crippen molar-refractivity contribution >= 4 is 64.0 Å². The standard InChI is InChI=1S/C26H33N5O.C24H33N5O2.C23H30N6O3.C22H30N6O2/c1-17-9-23-24(27)28-26(32-22-12-20-11-21(20)13-22)29-25(23)31(14-17)16-19-6-4-5-18(10-19)15-30-7-2-3-8-30;1-3-4-13-31-24-26-22(25)20-14-21(30)17(2)29(23(20)27-24)16-19-9-7-18(8-10-19)15-28-11-5-6-12-28;1-16-11-19-21(24)26-23(32-15-18-3-2-8-31-18)27-22(19)29(13-16)14-17-4-5-25-20(12-17)28-6-9-30-10-7-28;1-3-4-9-30-22-25-20(23)18-12-16(2)14-28(21(18)26-22)15-17-5-6-24-19(13-17)27-7-10-29-11-8-27/h4-6,10,20-22H,1-3,7-9,11-16H2,(H2,27,28,29);7-10,17H,3-6,11-16H2,1-2H3,(H2,25,26,27);4-5,12,18H,1-3,6-11,13-15H2,(H2,24,26,27);5-6,13H,2-4,7-12,14-15H2,1H3,(H2,23,25,26)/t20-,21+,22?;;;. The molecule has 19 rings (SSSR count). The number of carbonyl (C=O) groups is 1. The Bertz CT molecular complexity index is 5040. The van der Waals surface area contributed by atoms with E-state index in [2.05, 4.69) is 163 Å². The number of ether oxygens (including phenoxy) is 7. The number of carbonyl (C=O) groups excluding carboxylic acids is 1. The van der Waals surface area contributed by atoms with E-state index in [4.69, 9.17) is 71.0 Å². The molecule has 30 nitrogen and oxygen atoms in total. The van der Waals surface area contributed by atoms with E-state index in [9.17, 15) is 4.79 Å². The van der Waals surface area contributed by atoms with Crippen molar-refractivity contribution in [3.63, 3.8) is 0 Å². The highest BCUT2D eigenvalue weighted by atomic mass is 16.5. The molecule has 15 heterocycles. The summed E-state index contributed by atoms with van der Waals surface area (Å²) in [6.07, 6.45) is 21.4. The zero-order valence-electron chi connectivity index (χ0n) is 73.4. The lowest BCUT2D eigenvalue weighted by molar-refractivity contribution is -0.119. The van der Waals surface area contributed by atoms with Crippen LogP contribution in [0.3, 0.4) is 0 Å². The SMILES string of the molecule is C=C1Cc2c(N)nc(OC3C[C@@H]4C[C@@H]4C3)nc2N(Cc2cccc(CN3CCCC3)c2)C1.C=C1Cc2c(N)nc(OCC3CCCO3)nc2N(Cc2ccnc(N3CCOCC3)c2)C1.C=C1Cc2c(N)nc(OCCCC)nc2N(Cc2ccnc(N3CCOCC3)c2)C1.CCCCOc1nc(N)c2c(n1)N(Cc1ccc(CN3CCCC3)cc1)C(C)C(=O)C2. The van der Waals surface area contributed by atoms with Gasteiger partial charge in [0, 0.05) is 152 Å². The number of aromatic nitrogens is 10. The first-order valence-corrected chi connectivity index (χ1v) is 45.5. The van der Waals surface area contributed by atoms with Crippen molar-refractivity contribution in [3.05, 3.63) is 177 Å². The fourth-order valence-electron chi connectivity index (χ4n) is 18.4. The third kappa shape index (κ3) is 22.8. The van der Waals surface area contributed by atoms with Gasteiger partial charge in [-0.2, -0.15) is 39.9 Å². The number of morpholine rings is 2. The van der Waals surface area contributed by atoms with Gasteiger partial charge in [0.1, 0.15) is 70.9 Å². The molecular formula is C95H126N22O8. The van der Waals surface area contributed by atoms with Gasteiger partial charge in [0.2, 0.25) is 0 Å². The molecule has 125 heavy (non-hydrogen) atoms. The molecule has 2 saturated carbocycles. The number of rotatable bonds is 27. The molecule has 11 aliphatic rings. The third-order valence-electron chi connectivity index (χ3n) is 25.3. The van der Waals surface area contributed by atoms with E-state index in [0.717, 1.165) is 241 Å². The molecule has 0 amide bonds. The molecule has 3 unspecified atom stereocenters. The molecule has 0 radical (unpaired) electrons. The zero-order valence-corrected chi connectivity index (χ0v) is 73.4. The Labute approximate surface area is 735 Å². The summed E-state index contributed by atoms with van der Waals surface area (Å²) in [5, 5.41) is 0. The van der Waals surface area contributed by atoms with E-state index >= 15 is 0 Å². The lowest BCUT2D eigenvalue weighted by Gasteiger charge is -2.35. The molecule has 8 aromatic rings. The number of nitrogen functional groups attached to an aromatic ring is 4. The topological polar surface area (TPSA) is 341 Å². The Balaban J connectivity index is 0.000000123. The number of hydrogen-bond acceptors (Lipinski definition) is 30. The maximum atomic E-state index is 12.7. The number of nitrogens with two attached hydrogens (primary N) is 4. The molecule has 6 aromatic heterocycles. The molecule has 2 aromatic carbocycles. The van der Waals surface area contributed by atoms with Gasteiger partial charge in [-0.15, -0.1) is 0 Å². The first-order chi connectivity index (χ1) is 60.9. The fraction of sp³-hybridized carbons (Fsp3) is 0.526. The molecule has 664 valence electrons. The Kier molecular flexibility index (Phi) is 28.9. The van der Waals surface area contributed by atoms with E-state index in [-0.39, 0.29) is 36.5 Å². The van der Waals surface area contributed by atoms with Crippen LogP contribution in [0.4, 0.5) is 58.2 Å². The number of hydrogen-bond donors (Lipinski definition) is 4. The minimum absolute atomic E-state index is 0.0992. The van der Waals surface area contributed by atoms with Gasteiger partial charge < -0.3 is 85.5 Å². The van der Waals surface area contributed by atoms with Gasteiger partial charge in [-0.25, -0.2) is 9.97 Å². The van der Waals surface area contributed by atoms with Gasteiger partial charge in [-0.1, -0.05) is 112 Å². The van der Waals surface area contributed by atoms with Crippen LogP contribution < -0.4 is 71.3 Å². The van der Waals surface area contributed by atoms with Gasteiger partial charge in [-0.05, 0) is 173 Å². The van der Waals surface area contributed by atoms with Crippen LogP contribution in [0.25, 0.3) is 0 Å². The summed E-state index contributed by atoms with van der Waals surface area (Å²) in [6.45, 7) is 39.4. The molecule has 0 bridgehead atoms. The van der Waals surface area contributed by atoms with Crippen molar-refractivity contribution in [3.8, 4) is 24.0 Å². The van der Waals surface area contributed by atoms with Crippen LogP contribution in [-0.4, -0.2) is 209 Å². The van der Waals surface area contributed by atoms with Crippen LogP contribution >= 0.6 is 0 Å². The highest BCUT2D eigenvalue weighted by Gasteiger charge is 2.47. The zero-order chi connectivity index (χ0) is 86.3. The number of fused-ring (bicyclic) bond motifs is 5. The molecule has 8 N–H and O–H groups in total. The summed E-state index contributed by atoms with van der Waals surface area (Å²) in [5.74, 6) is 8.89. The normalized spacial score (nSPS) is 20.9. The highest BCUT2D eigenvalue weighted by molar-refractivity contribution is 5.94. The lowest BCUT2D eigenvalue weighted by atomic mass is 9.97. The van der Waals surface area contributed by atoms with Crippen molar-refractivity contribution in [2.24, 2.45) is 11.8 Å². The maximum absolute atomic E-state index is 12.7. The molecule has 5 atom stereocenters. The summed E-state index contributed by atoms with van der Waals surface area (Å²) in [5.41, 5.74) is 39.4. The summed E-state index contributed by atoms with van der Waals surface area (Å²) in [6, 6.07) is 27.1. The highest BCUT2D eigenvalue weighted by Crippen LogP contribution is 2.53. The largest absolute Gasteiger partial charge is 0.463 e. The molecule has 7 fully saturated rings. The third-order valence-corrected chi connectivity index (χ3v) is 25.3. The first-order valence-electron chi connectivity index (χ1n) is 45.5. The fourth-order valence-corrected chi connectivity index (χ4v) is 18.4. The van der Waals surface area contributed by atoms with E-state index in [1.807, 2.05) is 36.4 Å². The summed E-state index contributed by atoms with van der Waals surface area (Å²) >= 11 is 0. The van der Waals surface area contributed by atoms with Gasteiger partial charge in [0.15, 0.2) is 5.78 Å². The molecule has 30 heteroatoms. The molecular weight excluding hydrogens is 1580 g/mol. The minimum Gasteiger partial charge on any atom is -0.463 e. The number of Topliss-reactive ketones (excluding diaryl/α,β-unsaturated/α-hetero) is 1. The second-order valence-electron chi connectivity index (χ2n) is 35.2. The van der Waals surface area contributed by atoms with Crippen LogP contribution in [0.5, 0.6) is 24.0 Å². The second kappa shape index (κ2) is 41.4. The van der Waals surface area contributed by atoms with Crippen LogP contribution in [0.15, 0.2) is 122 Å². The average Bonchev–Trinajstić information content (AvgIpc) is 1.06. The van der Waals surface area contributed by atoms with Crippen molar-refractivity contribution in [1.82, 2.24) is 59.6 Å². The molecule has 5 saturated heterocycles. The van der Waals surface area contributed by atoms with E-state index in [1.54, 1.807) is 0 Å². The quantitative estimate of drug-likeness (QED) is 0.0274. The Morgan fingerprint density at radius 3 is 1.34 bits per heavy atom. The lowest BCUT2D eigenvalue weighted by Crippen LogP contribution is -2.44. The number of ketones is 1. The predicted octanol–water partition coefficient (Wildman–Crippen LogP) is 11.9. The van der Waals surface area contributed by atoms with Crippen molar-refractivity contribution in [1.29, 1.82) is 0 Å². The Morgan fingerprint density at radius 2 is 0.872 bits per heavy atom. The first kappa shape index (κ1) is 87.4. The van der Waals surface area contributed by atoms with E-state index in [0.29, 0.717) is 112 Å². The van der Waals surface area contributed by atoms with Gasteiger partial charge in [0.25, 0.3) is 0 Å². The van der Waals surface area contributed by atoms with Crippen molar-refractivity contribution < 1.29 is 38.0 Å². The number of benzene rings is 2. The van der Waals surface area contributed by atoms with E-state index in [1.165, 1.54) is 75.0 Å². The number of likely N-dealkylation sites (tertiary alicyclic amines) is 2. The predicted molar refractivity (Wildman–Crippen MR) is 489 cm³/mol. The Morgan fingerprint density at radius 1 is 0.448 bits per heavy atom. The monoisotopic (exact) mass is 1700 g/mol. The molecule has 9 aliphatic heterocycles. The second-order valence-corrected chi connectivity index (χ2v) is 35.2. The number of anilines is 10. The van der Waals surface area contributed by atoms with Crippen LogP contribution in [0, 0.1) is 11.8 Å².